The van der Waals surface area contributed by atoms with Gasteiger partial charge in [0.15, 0.2) is 0 Å². The van der Waals surface area contributed by atoms with Gasteiger partial charge in [-0.2, -0.15) is 0 Å². The number of hydrogen-bond donors (Lipinski definition) is 0. The summed E-state index contributed by atoms with van der Waals surface area (Å²) in [5.74, 6) is -2.38. The van der Waals surface area contributed by atoms with Crippen LogP contribution in [0.25, 0.3) is 27.2 Å². The predicted octanol–water partition coefficient (Wildman–Crippen LogP) is 8.35. The summed E-state index contributed by atoms with van der Waals surface area (Å²) < 4.78 is 14.3. The average molecular weight is 623 g/mol. The first-order valence-electron chi connectivity index (χ1n) is 16.2. The topological polar surface area (TPSA) is 70.4 Å². The number of ketones is 1. The van der Waals surface area contributed by atoms with Crippen LogP contribution in [0.1, 0.15) is 54.9 Å². The zero-order valence-corrected chi connectivity index (χ0v) is 26.9. The molecule has 1 aliphatic carbocycles. The highest BCUT2D eigenvalue weighted by molar-refractivity contribution is 6.11. The summed E-state index contributed by atoms with van der Waals surface area (Å²) in [6.45, 7) is 6.05. The van der Waals surface area contributed by atoms with Gasteiger partial charge in [0.25, 0.3) is 0 Å². The number of rotatable bonds is 8. The van der Waals surface area contributed by atoms with Crippen LogP contribution in [-0.2, 0) is 32.1 Å². The van der Waals surface area contributed by atoms with Crippen LogP contribution in [0.5, 0.6) is 0 Å². The summed E-state index contributed by atoms with van der Waals surface area (Å²) in [6, 6.07) is 34.8. The van der Waals surface area contributed by atoms with E-state index in [1.165, 1.54) is 0 Å². The number of hydrogen-bond acceptors (Lipinski definition) is 5. The summed E-state index contributed by atoms with van der Waals surface area (Å²) in [5, 5.41) is 4.25. The molecular formula is C41H38N2O4. The van der Waals surface area contributed by atoms with Crippen molar-refractivity contribution < 1.29 is 19.1 Å². The maximum atomic E-state index is 14.7. The minimum atomic E-state index is -0.808. The lowest BCUT2D eigenvalue weighted by molar-refractivity contribution is -0.161. The van der Waals surface area contributed by atoms with E-state index in [4.69, 9.17) is 9.47 Å². The van der Waals surface area contributed by atoms with Gasteiger partial charge in [0.1, 0.15) is 11.4 Å². The Labute approximate surface area is 275 Å². The molecule has 0 N–H and O–H groups in total. The lowest BCUT2D eigenvalue weighted by Crippen LogP contribution is -2.42. The van der Waals surface area contributed by atoms with E-state index < -0.39 is 29.3 Å². The smallest absolute Gasteiger partial charge is 0.314 e. The molecule has 1 heterocycles. The predicted molar refractivity (Wildman–Crippen MR) is 185 cm³/mol. The Balaban J connectivity index is 1.35. The molecule has 0 bridgehead atoms. The first-order chi connectivity index (χ1) is 22.8. The SMILES string of the molecule is CC(C)(C)OC(=O)C1c2c(ccc3c2ccc2ccccc23)[C@H](Cc2ccc(-n3ccnc3)cc2)C(=O)C1COCc1ccccc1. The highest BCUT2D eigenvalue weighted by Gasteiger charge is 2.47. The van der Waals surface area contributed by atoms with Crippen LogP contribution < -0.4 is 0 Å². The number of aromatic nitrogens is 2. The highest BCUT2D eigenvalue weighted by atomic mass is 16.6. The van der Waals surface area contributed by atoms with Crippen LogP contribution >= 0.6 is 0 Å². The molecule has 6 heteroatoms. The second-order valence-electron chi connectivity index (χ2n) is 13.4. The Morgan fingerprint density at radius 1 is 0.809 bits per heavy atom. The fraction of sp³-hybridized carbons (Fsp3) is 0.244. The van der Waals surface area contributed by atoms with Crippen LogP contribution in [0.3, 0.4) is 0 Å². The quantitative estimate of drug-likeness (QED) is 0.126. The summed E-state index contributed by atoms with van der Waals surface area (Å²) >= 11 is 0. The maximum absolute atomic E-state index is 14.7. The van der Waals surface area contributed by atoms with Crippen LogP contribution in [-0.4, -0.2) is 33.5 Å². The molecule has 0 aliphatic heterocycles. The lowest BCUT2D eigenvalue weighted by atomic mass is 9.66. The summed E-state index contributed by atoms with van der Waals surface area (Å²) in [4.78, 5) is 33.1. The van der Waals surface area contributed by atoms with Gasteiger partial charge in [-0.1, -0.05) is 91.0 Å². The number of ether oxygens (including phenoxy) is 2. The molecule has 236 valence electrons. The van der Waals surface area contributed by atoms with Gasteiger partial charge in [-0.3, -0.25) is 9.59 Å². The minimum absolute atomic E-state index is 0.000228. The molecule has 0 saturated carbocycles. The van der Waals surface area contributed by atoms with Crippen molar-refractivity contribution in [2.45, 2.75) is 51.2 Å². The summed E-state index contributed by atoms with van der Waals surface area (Å²) in [6.07, 6.45) is 5.93. The Bertz CT molecular complexity index is 2040. The number of nitrogens with zero attached hydrogens (tertiary/aromatic N) is 2. The normalized spacial score (nSPS) is 17.9. The first kappa shape index (κ1) is 30.6. The third kappa shape index (κ3) is 6.21. The molecule has 47 heavy (non-hydrogen) atoms. The zero-order chi connectivity index (χ0) is 32.5. The second kappa shape index (κ2) is 12.6. The zero-order valence-electron chi connectivity index (χ0n) is 26.9. The van der Waals surface area contributed by atoms with Gasteiger partial charge in [0, 0.05) is 24.0 Å². The van der Waals surface area contributed by atoms with Crippen molar-refractivity contribution in [1.29, 1.82) is 0 Å². The lowest BCUT2D eigenvalue weighted by Gasteiger charge is -2.38. The molecule has 0 fully saturated rings. The van der Waals surface area contributed by atoms with E-state index in [1.54, 1.807) is 12.5 Å². The van der Waals surface area contributed by atoms with Crippen molar-refractivity contribution in [1.82, 2.24) is 9.55 Å². The molecule has 3 atom stereocenters. The van der Waals surface area contributed by atoms with E-state index in [0.717, 1.165) is 49.5 Å². The first-order valence-corrected chi connectivity index (χ1v) is 16.2. The second-order valence-corrected chi connectivity index (χ2v) is 13.4. The average Bonchev–Trinajstić information content (AvgIpc) is 3.61. The highest BCUT2D eigenvalue weighted by Crippen LogP contribution is 2.47. The molecule has 2 unspecified atom stereocenters. The number of imidazole rings is 1. The largest absolute Gasteiger partial charge is 0.459 e. The molecule has 0 saturated heterocycles. The van der Waals surface area contributed by atoms with E-state index >= 15 is 0 Å². The van der Waals surface area contributed by atoms with Gasteiger partial charge in [0.2, 0.25) is 0 Å². The molecule has 5 aromatic carbocycles. The molecule has 1 aliphatic rings. The number of esters is 1. The van der Waals surface area contributed by atoms with Crippen LogP contribution in [0, 0.1) is 5.92 Å². The molecule has 0 radical (unpaired) electrons. The Kier molecular flexibility index (Phi) is 8.21. The molecule has 6 nitrogen and oxygen atoms in total. The number of benzene rings is 5. The van der Waals surface area contributed by atoms with Crippen LogP contribution in [0.2, 0.25) is 0 Å². The van der Waals surface area contributed by atoms with E-state index in [9.17, 15) is 9.59 Å². The molecule has 1 aromatic heterocycles. The van der Waals surface area contributed by atoms with Gasteiger partial charge in [-0.05, 0) is 83.1 Å². The van der Waals surface area contributed by atoms with Gasteiger partial charge < -0.3 is 14.0 Å². The van der Waals surface area contributed by atoms with Gasteiger partial charge in [-0.25, -0.2) is 4.98 Å². The number of carbonyl (C=O) groups excluding carboxylic acids is 2. The summed E-state index contributed by atoms with van der Waals surface area (Å²) in [7, 11) is 0. The van der Waals surface area contributed by atoms with Crippen molar-refractivity contribution in [3.8, 4) is 5.69 Å². The Hall–Kier alpha value is -5.07. The van der Waals surface area contributed by atoms with Crippen molar-refractivity contribution in [2.24, 2.45) is 5.92 Å². The maximum Gasteiger partial charge on any atom is 0.314 e. The minimum Gasteiger partial charge on any atom is -0.459 e. The van der Waals surface area contributed by atoms with Gasteiger partial charge in [0.05, 0.1) is 31.4 Å². The third-order valence-corrected chi connectivity index (χ3v) is 9.05. The molecule has 0 spiro atoms. The van der Waals surface area contributed by atoms with Crippen molar-refractivity contribution in [3.63, 3.8) is 0 Å². The van der Waals surface area contributed by atoms with Crippen LogP contribution in [0.15, 0.2) is 122 Å². The third-order valence-electron chi connectivity index (χ3n) is 9.05. The van der Waals surface area contributed by atoms with Crippen molar-refractivity contribution >= 4 is 33.3 Å². The molecular weight excluding hydrogens is 584 g/mol. The Morgan fingerprint density at radius 2 is 1.55 bits per heavy atom. The fourth-order valence-corrected chi connectivity index (χ4v) is 6.92. The van der Waals surface area contributed by atoms with Gasteiger partial charge >= 0.3 is 5.97 Å². The number of Topliss-reactive ketones (excluding diaryl/α,β-unsaturated/α-hetero) is 1. The number of fused-ring (bicyclic) bond motifs is 5. The van der Waals surface area contributed by atoms with Crippen LogP contribution in [0.4, 0.5) is 0 Å². The van der Waals surface area contributed by atoms with E-state index in [-0.39, 0.29) is 12.4 Å². The van der Waals surface area contributed by atoms with Crippen molar-refractivity contribution in [2.75, 3.05) is 6.61 Å². The van der Waals surface area contributed by atoms with E-state index in [1.807, 2.05) is 86.1 Å². The molecule has 7 rings (SSSR count). The molecule has 0 amide bonds. The summed E-state index contributed by atoms with van der Waals surface area (Å²) in [5.41, 5.74) is 4.08. The monoisotopic (exact) mass is 622 g/mol. The Morgan fingerprint density at radius 3 is 2.30 bits per heavy atom. The fourth-order valence-electron chi connectivity index (χ4n) is 6.92. The van der Waals surface area contributed by atoms with E-state index in [2.05, 4.69) is 53.5 Å². The standard InChI is InChI=1S/C41H38N2O4/c1-41(2,3)47-40(45)38-36(25-46-24-28-9-5-4-6-10-28)39(44)35(23-27-13-16-30(17-14-27)43-22-21-42-26-43)34-20-19-32-31-12-8-7-11-29(31)15-18-33(32)37(34)38/h4-22,26,35-36,38H,23-25H2,1-3H3/t35-,36?,38?/m0/s1. The number of carbonyl (C=O) groups is 2. The van der Waals surface area contributed by atoms with Gasteiger partial charge in [-0.15, -0.1) is 0 Å². The van der Waals surface area contributed by atoms with Crippen molar-refractivity contribution in [3.05, 3.63) is 144 Å². The molecule has 6 aromatic rings. The van der Waals surface area contributed by atoms with E-state index in [0.29, 0.717) is 13.0 Å².